The number of benzene rings is 2. The number of nitriles is 1. The van der Waals surface area contributed by atoms with E-state index in [1.54, 1.807) is 6.07 Å². The van der Waals surface area contributed by atoms with Crippen molar-refractivity contribution in [2.45, 2.75) is 57.7 Å². The molecule has 0 aliphatic heterocycles. The minimum atomic E-state index is -4.89. The molecule has 2 heterocycles. The normalized spacial score (nSPS) is 11.9. The molecule has 52 heavy (non-hydrogen) atoms. The zero-order valence-electron chi connectivity index (χ0n) is 28.3. The lowest BCUT2D eigenvalue weighted by Gasteiger charge is -2.26. The van der Waals surface area contributed by atoms with Crippen LogP contribution in [0.25, 0.3) is 11.3 Å². The molecular weight excluding hydrogens is 700 g/mol. The molecule has 0 saturated carbocycles. The highest BCUT2D eigenvalue weighted by atomic mass is 19.4. The van der Waals surface area contributed by atoms with Gasteiger partial charge in [-0.1, -0.05) is 0 Å². The molecule has 2 N–H and O–H groups in total. The molecule has 276 valence electrons. The summed E-state index contributed by atoms with van der Waals surface area (Å²) in [6.45, 7) is 2.18. The fourth-order valence-electron chi connectivity index (χ4n) is 5.10. The van der Waals surface area contributed by atoms with Crippen LogP contribution in [0.2, 0.25) is 0 Å². The number of pyridine rings is 1. The number of aliphatic hydroxyl groups is 1. The third kappa shape index (κ3) is 9.78. The van der Waals surface area contributed by atoms with E-state index in [2.05, 4.69) is 15.0 Å². The van der Waals surface area contributed by atoms with Crippen LogP contribution in [0.1, 0.15) is 60.2 Å². The van der Waals surface area contributed by atoms with Gasteiger partial charge in [0.1, 0.15) is 22.8 Å². The molecule has 0 spiro atoms. The molecular formula is C35H33F6N5O6. The molecule has 0 fully saturated rings. The number of ether oxygens (including phenoxy) is 3. The molecule has 0 amide bonds. The van der Waals surface area contributed by atoms with Gasteiger partial charge < -0.3 is 29.3 Å². The molecule has 0 saturated heterocycles. The number of aromatic nitrogens is 3. The van der Waals surface area contributed by atoms with Crippen molar-refractivity contribution in [3.8, 4) is 34.6 Å². The van der Waals surface area contributed by atoms with E-state index in [0.29, 0.717) is 6.07 Å². The van der Waals surface area contributed by atoms with Crippen molar-refractivity contribution in [3.63, 3.8) is 0 Å². The summed E-state index contributed by atoms with van der Waals surface area (Å²) in [6.07, 6.45) is -7.17. The molecule has 0 aliphatic rings. The summed E-state index contributed by atoms with van der Waals surface area (Å²) in [5.41, 5.74) is -4.02. The number of alkyl halides is 6. The minimum Gasteiger partial charge on any atom is -0.496 e. The number of nitrogens with zero attached hydrogens (tertiary/aromatic N) is 5. The number of hydrogen-bond donors (Lipinski definition) is 2. The predicted octanol–water partition coefficient (Wildman–Crippen LogP) is 7.14. The molecule has 0 aliphatic carbocycles. The summed E-state index contributed by atoms with van der Waals surface area (Å²) >= 11 is 0. The maximum Gasteiger partial charge on any atom is 0.419 e. The molecule has 0 atom stereocenters. The maximum absolute atomic E-state index is 14.4. The van der Waals surface area contributed by atoms with E-state index < -0.39 is 40.8 Å². The van der Waals surface area contributed by atoms with Gasteiger partial charge in [0.2, 0.25) is 5.95 Å². The Bertz CT molecular complexity index is 1940. The van der Waals surface area contributed by atoms with Crippen molar-refractivity contribution in [1.29, 1.82) is 5.26 Å². The van der Waals surface area contributed by atoms with E-state index in [1.807, 2.05) is 0 Å². The second kappa shape index (κ2) is 15.7. The van der Waals surface area contributed by atoms with Gasteiger partial charge in [-0.05, 0) is 73.9 Å². The van der Waals surface area contributed by atoms with E-state index in [-0.39, 0.29) is 83.6 Å². The third-order valence-electron chi connectivity index (χ3n) is 7.58. The maximum atomic E-state index is 14.4. The van der Waals surface area contributed by atoms with Gasteiger partial charge in [0.15, 0.2) is 5.75 Å². The van der Waals surface area contributed by atoms with Crippen LogP contribution in [0, 0.1) is 11.3 Å². The highest BCUT2D eigenvalue weighted by Gasteiger charge is 2.37. The van der Waals surface area contributed by atoms with Gasteiger partial charge >= 0.3 is 18.3 Å². The SMILES string of the molecule is COc1cc(CN(Cc2cc(C#N)cc(C(F)(F)F)c2)c2ncc(OCCCC(=O)O)cn2)c(-c2nc(C(C)(C)O)ccc2OC)cc1C(F)(F)F. The summed E-state index contributed by atoms with van der Waals surface area (Å²) in [5, 5.41) is 29.0. The van der Waals surface area contributed by atoms with Gasteiger partial charge in [-0.2, -0.15) is 31.6 Å². The Labute approximate surface area is 294 Å². The number of carbonyl (C=O) groups is 1. The van der Waals surface area contributed by atoms with Crippen molar-refractivity contribution in [2.75, 3.05) is 25.7 Å². The van der Waals surface area contributed by atoms with Crippen LogP contribution in [0.3, 0.4) is 0 Å². The smallest absolute Gasteiger partial charge is 0.419 e. The molecule has 4 rings (SSSR count). The fourth-order valence-corrected chi connectivity index (χ4v) is 5.10. The van der Waals surface area contributed by atoms with Gasteiger partial charge in [0.25, 0.3) is 0 Å². The number of methoxy groups -OCH3 is 2. The Morgan fingerprint density at radius 2 is 1.60 bits per heavy atom. The Balaban J connectivity index is 1.91. The molecule has 11 nitrogen and oxygen atoms in total. The Morgan fingerprint density at radius 1 is 0.923 bits per heavy atom. The van der Waals surface area contributed by atoms with E-state index >= 15 is 0 Å². The van der Waals surface area contributed by atoms with Gasteiger partial charge in [-0.3, -0.25) is 4.79 Å². The van der Waals surface area contributed by atoms with Crippen molar-refractivity contribution in [3.05, 3.63) is 88.4 Å². The summed E-state index contributed by atoms with van der Waals surface area (Å²) in [7, 11) is 2.33. The van der Waals surface area contributed by atoms with Crippen LogP contribution in [-0.2, 0) is 35.8 Å². The molecule has 2 aromatic carbocycles. The highest BCUT2D eigenvalue weighted by Crippen LogP contribution is 2.43. The van der Waals surface area contributed by atoms with Crippen LogP contribution < -0.4 is 19.1 Å². The Morgan fingerprint density at radius 3 is 2.15 bits per heavy atom. The van der Waals surface area contributed by atoms with E-state index in [1.165, 1.54) is 56.4 Å². The number of anilines is 1. The standard InChI is InChI=1S/C35H33F6N5O6/c1-33(2,49)29-8-7-27(50-3)31(45-29)25-14-26(35(39,40)41)28(51-4)13-22(25)19-46(18-21-10-20(15-42)11-23(12-21)34(36,37)38)32-43-16-24(17-44-32)52-9-5-6-30(47)48/h7-8,10-14,16-17,49H,5-6,9,18-19H2,1-4H3,(H,47,48). The zero-order chi connectivity index (χ0) is 38.4. The summed E-state index contributed by atoms with van der Waals surface area (Å²) < 4.78 is 101. The van der Waals surface area contributed by atoms with Gasteiger partial charge in [-0.15, -0.1) is 0 Å². The van der Waals surface area contributed by atoms with Crippen molar-refractivity contribution in [2.24, 2.45) is 0 Å². The monoisotopic (exact) mass is 733 g/mol. The second-order valence-electron chi connectivity index (χ2n) is 12.0. The number of hydrogen-bond acceptors (Lipinski definition) is 10. The largest absolute Gasteiger partial charge is 0.496 e. The van der Waals surface area contributed by atoms with Gasteiger partial charge in [0, 0.05) is 25.1 Å². The number of carboxylic acid groups (broad SMARTS) is 1. The second-order valence-corrected chi connectivity index (χ2v) is 12.0. The lowest BCUT2D eigenvalue weighted by atomic mass is 9.96. The molecule has 0 unspecified atom stereocenters. The number of carboxylic acids is 1. The Hall–Kier alpha value is -5.63. The van der Waals surface area contributed by atoms with Crippen LogP contribution in [0.4, 0.5) is 32.3 Å². The molecule has 0 radical (unpaired) electrons. The van der Waals surface area contributed by atoms with Crippen molar-refractivity contribution >= 4 is 11.9 Å². The summed E-state index contributed by atoms with van der Waals surface area (Å²) in [4.78, 5) is 25.2. The first-order valence-electron chi connectivity index (χ1n) is 15.4. The average Bonchev–Trinajstić information content (AvgIpc) is 3.08. The average molecular weight is 734 g/mol. The van der Waals surface area contributed by atoms with Crippen LogP contribution in [-0.4, -0.2) is 52.0 Å². The minimum absolute atomic E-state index is 0.00383. The topological polar surface area (TPSA) is 151 Å². The van der Waals surface area contributed by atoms with Crippen molar-refractivity contribution in [1.82, 2.24) is 15.0 Å². The predicted molar refractivity (Wildman–Crippen MR) is 173 cm³/mol. The highest BCUT2D eigenvalue weighted by molar-refractivity contribution is 5.73. The zero-order valence-corrected chi connectivity index (χ0v) is 28.3. The van der Waals surface area contributed by atoms with Crippen LogP contribution in [0.5, 0.6) is 17.2 Å². The molecule has 2 aromatic heterocycles. The van der Waals surface area contributed by atoms with Crippen LogP contribution >= 0.6 is 0 Å². The molecule has 17 heteroatoms. The summed E-state index contributed by atoms with van der Waals surface area (Å²) in [5.74, 6) is -1.48. The lowest BCUT2D eigenvalue weighted by molar-refractivity contribution is -0.139. The first-order valence-corrected chi connectivity index (χ1v) is 15.4. The van der Waals surface area contributed by atoms with Crippen molar-refractivity contribution < 1.29 is 55.6 Å². The molecule has 4 aromatic rings. The van der Waals surface area contributed by atoms with E-state index in [4.69, 9.17) is 19.3 Å². The quantitative estimate of drug-likeness (QED) is 0.101. The van der Waals surface area contributed by atoms with E-state index in [0.717, 1.165) is 25.3 Å². The fraction of sp³-hybridized carbons (Fsp3) is 0.343. The number of rotatable bonds is 14. The first kappa shape index (κ1) is 39.2. The van der Waals surface area contributed by atoms with Gasteiger partial charge in [0.05, 0.1) is 61.7 Å². The number of aliphatic carboxylic acids is 1. The lowest BCUT2D eigenvalue weighted by Crippen LogP contribution is -2.25. The van der Waals surface area contributed by atoms with E-state index in [9.17, 15) is 41.5 Å². The third-order valence-corrected chi connectivity index (χ3v) is 7.58. The summed E-state index contributed by atoms with van der Waals surface area (Å²) in [6, 6.07) is 9.25. The van der Waals surface area contributed by atoms with Gasteiger partial charge in [-0.25, -0.2) is 15.0 Å². The van der Waals surface area contributed by atoms with Crippen LogP contribution in [0.15, 0.2) is 54.9 Å². The Kier molecular flexibility index (Phi) is 11.8. The molecule has 0 bridgehead atoms. The first-order chi connectivity index (χ1) is 24.3. The number of halogens is 6.